The van der Waals surface area contributed by atoms with Crippen LogP contribution in [0.5, 0.6) is 0 Å². The molecule has 7 aliphatic carbocycles. The number of anilines is 1. The lowest BCUT2D eigenvalue weighted by Crippen LogP contribution is -2.89. The van der Waals surface area contributed by atoms with Gasteiger partial charge < -0.3 is 15.1 Å². The first-order valence-electron chi connectivity index (χ1n) is 26.2. The first kappa shape index (κ1) is 42.0. The van der Waals surface area contributed by atoms with E-state index < -0.39 is 0 Å². The number of hydrogen-bond acceptors (Lipinski definition) is 2. The third-order valence-electron chi connectivity index (χ3n) is 17.9. The summed E-state index contributed by atoms with van der Waals surface area (Å²) in [6, 6.07) is 31.2. The number of rotatable bonds is 6. The second-order valence-corrected chi connectivity index (χ2v) is 21.6. The molecule has 0 radical (unpaired) electrons. The van der Waals surface area contributed by atoms with Crippen molar-refractivity contribution in [2.24, 2.45) is 11.8 Å². The minimum atomic E-state index is -0.288. The molecule has 3 aromatic rings. The van der Waals surface area contributed by atoms with Crippen LogP contribution in [-0.2, 0) is 16.2 Å². The zero-order valence-corrected chi connectivity index (χ0v) is 40.1. The van der Waals surface area contributed by atoms with Gasteiger partial charge in [0.1, 0.15) is 11.7 Å². The van der Waals surface area contributed by atoms with Crippen molar-refractivity contribution in [2.75, 3.05) is 4.90 Å². The van der Waals surface area contributed by atoms with Gasteiger partial charge in [-0.2, -0.15) is 0 Å². The normalized spacial score (nSPS) is 30.8. The van der Waals surface area contributed by atoms with Crippen LogP contribution in [0.1, 0.15) is 108 Å². The SMILES string of the molecule is CC1(C)c2cc(N3C4=C(C=CCC4)C(C4=CC=CCC4)(c4ccccc4)C4=CC=CCC43)ccc2[NH2+]C2C=CC(N3C4=CC=CCC4C(C4=CCCC=C4)(c4ccccc4)C4=C3CCCC4)=CC21. The van der Waals surface area contributed by atoms with Gasteiger partial charge in [0.05, 0.1) is 16.9 Å². The molecule has 340 valence electrons. The summed E-state index contributed by atoms with van der Waals surface area (Å²) in [6.07, 6.45) is 55.2. The monoisotopic (exact) mass is 889 g/mol. The van der Waals surface area contributed by atoms with Crippen LogP contribution in [0.15, 0.2) is 233 Å². The molecule has 13 rings (SSSR count). The summed E-state index contributed by atoms with van der Waals surface area (Å²) >= 11 is 0. The van der Waals surface area contributed by atoms with Gasteiger partial charge in [-0.1, -0.05) is 165 Å². The number of allylic oxidation sites excluding steroid dienone is 21. The van der Waals surface area contributed by atoms with Crippen molar-refractivity contribution >= 4 is 11.4 Å². The Labute approximate surface area is 405 Å². The molecule has 3 nitrogen and oxygen atoms in total. The lowest BCUT2D eigenvalue weighted by Gasteiger charge is -2.56. The van der Waals surface area contributed by atoms with E-state index >= 15 is 0 Å². The van der Waals surface area contributed by atoms with E-state index in [1.165, 1.54) is 80.3 Å². The molecule has 3 aromatic carbocycles. The maximum Gasteiger partial charge on any atom is 0.133 e. The molecule has 0 spiro atoms. The molecule has 3 aliphatic heterocycles. The van der Waals surface area contributed by atoms with Gasteiger partial charge in [0.25, 0.3) is 0 Å². The maximum atomic E-state index is 2.79. The van der Waals surface area contributed by atoms with Gasteiger partial charge in [0, 0.05) is 57.4 Å². The van der Waals surface area contributed by atoms with Gasteiger partial charge in [-0.25, -0.2) is 0 Å². The molecular formula is C65H66N3+. The molecule has 0 bridgehead atoms. The molecular weight excluding hydrogens is 823 g/mol. The van der Waals surface area contributed by atoms with Crippen molar-refractivity contribution in [3.05, 3.63) is 249 Å². The van der Waals surface area contributed by atoms with Gasteiger partial charge >= 0.3 is 0 Å². The predicted octanol–water partition coefficient (Wildman–Crippen LogP) is 14.3. The van der Waals surface area contributed by atoms with Crippen molar-refractivity contribution < 1.29 is 5.32 Å². The maximum absolute atomic E-state index is 2.79. The summed E-state index contributed by atoms with van der Waals surface area (Å²) < 4.78 is 0. The van der Waals surface area contributed by atoms with Gasteiger partial charge in [0.15, 0.2) is 0 Å². The van der Waals surface area contributed by atoms with Crippen LogP contribution in [-0.4, -0.2) is 17.0 Å². The molecule has 3 heteroatoms. The molecule has 0 aromatic heterocycles. The Bertz CT molecular complexity index is 2990. The highest BCUT2D eigenvalue weighted by Gasteiger charge is 2.56. The molecule has 2 N–H and O–H groups in total. The Balaban J connectivity index is 0.931. The zero-order valence-electron chi connectivity index (χ0n) is 40.1. The van der Waals surface area contributed by atoms with Crippen molar-refractivity contribution in [3.63, 3.8) is 0 Å². The Kier molecular flexibility index (Phi) is 10.2. The summed E-state index contributed by atoms with van der Waals surface area (Å²) in [6.45, 7) is 5.09. The Morgan fingerprint density at radius 1 is 0.662 bits per heavy atom. The Hall–Kier alpha value is -6.16. The second-order valence-electron chi connectivity index (χ2n) is 21.6. The van der Waals surface area contributed by atoms with Crippen molar-refractivity contribution in [3.8, 4) is 0 Å². The summed E-state index contributed by atoms with van der Waals surface area (Å²) in [5, 5.41) is 2.59. The quantitative estimate of drug-likeness (QED) is 0.249. The standard InChI is InChI=1S/C65H65N3/c1-63(2)55-43-49(67-59-35-19-15-31-51(59)64(45-23-7-3-8-24-45,46-25-9-4-10-26-46)52-32-16-20-36-60(52)67)39-41-57(55)66-58-42-40-50(44-56(58)63)68-61-37-21-17-33-53(61)65(47-27-11-5-12-28-47,48-29-13-6-14-30-48)54-34-18-22-38-62(54)68/h3-5,7-9,11-13,15-17,19,21,23-25,27-32,37,39-44,53,56,58-59,66H,6,10,14,18,20,22,26,33-36,38H2,1-2H3/p+1. The highest BCUT2D eigenvalue weighted by Crippen LogP contribution is 2.62. The minimum Gasteiger partial charge on any atom is -0.337 e. The first-order chi connectivity index (χ1) is 33.5. The van der Waals surface area contributed by atoms with Gasteiger partial charge in [-0.15, -0.1) is 0 Å². The van der Waals surface area contributed by atoms with Crippen LogP contribution >= 0.6 is 0 Å². The number of fused-ring (bicyclic) bond motifs is 4. The fraction of sp³-hybridized carbons (Fsp3) is 0.323. The Morgan fingerprint density at radius 2 is 1.44 bits per heavy atom. The topological polar surface area (TPSA) is 23.1 Å². The molecule has 0 fully saturated rings. The zero-order chi connectivity index (χ0) is 45.5. The van der Waals surface area contributed by atoms with Gasteiger partial charge in [-0.3, -0.25) is 0 Å². The van der Waals surface area contributed by atoms with Gasteiger partial charge in [0.2, 0.25) is 0 Å². The average Bonchev–Trinajstić information content (AvgIpc) is 3.40. The van der Waals surface area contributed by atoms with E-state index in [1.54, 1.807) is 11.3 Å². The molecule has 0 amide bonds. The number of nitrogens with zero attached hydrogens (tertiary/aromatic N) is 2. The summed E-state index contributed by atoms with van der Waals surface area (Å²) in [5.41, 5.74) is 20.1. The van der Waals surface area contributed by atoms with E-state index in [4.69, 9.17) is 0 Å². The van der Waals surface area contributed by atoms with Crippen LogP contribution in [0.25, 0.3) is 0 Å². The van der Waals surface area contributed by atoms with Crippen LogP contribution in [0.3, 0.4) is 0 Å². The van der Waals surface area contributed by atoms with E-state index in [9.17, 15) is 0 Å². The highest BCUT2D eigenvalue weighted by atomic mass is 15.2. The van der Waals surface area contributed by atoms with E-state index in [-0.39, 0.29) is 22.3 Å². The van der Waals surface area contributed by atoms with E-state index in [2.05, 4.69) is 211 Å². The molecule has 68 heavy (non-hydrogen) atoms. The number of quaternary nitrogens is 1. The fourth-order valence-electron chi connectivity index (χ4n) is 15.1. The summed E-state index contributed by atoms with van der Waals surface area (Å²) in [4.78, 5) is 5.58. The lowest BCUT2D eigenvalue weighted by atomic mass is 9.54. The minimum absolute atomic E-state index is 0.107. The van der Waals surface area contributed by atoms with Crippen LogP contribution in [0.4, 0.5) is 11.4 Å². The van der Waals surface area contributed by atoms with Crippen LogP contribution in [0, 0.1) is 11.8 Å². The molecule has 6 unspecified atom stereocenters. The highest BCUT2D eigenvalue weighted by molar-refractivity contribution is 5.74. The third kappa shape index (κ3) is 6.13. The second kappa shape index (κ2) is 16.5. The summed E-state index contributed by atoms with van der Waals surface area (Å²) in [7, 11) is 0. The number of benzene rings is 3. The van der Waals surface area contributed by atoms with Crippen molar-refractivity contribution in [1.29, 1.82) is 0 Å². The largest absolute Gasteiger partial charge is 0.337 e. The van der Waals surface area contributed by atoms with Crippen LogP contribution in [0.2, 0.25) is 0 Å². The van der Waals surface area contributed by atoms with Crippen molar-refractivity contribution in [1.82, 2.24) is 4.90 Å². The lowest BCUT2D eigenvalue weighted by molar-refractivity contribution is -0.613. The third-order valence-corrected chi connectivity index (χ3v) is 17.9. The molecule has 0 saturated carbocycles. The van der Waals surface area contributed by atoms with E-state index in [0.29, 0.717) is 17.9 Å². The van der Waals surface area contributed by atoms with E-state index in [0.717, 1.165) is 64.2 Å². The molecule has 3 heterocycles. The smallest absolute Gasteiger partial charge is 0.133 e. The molecule has 10 aliphatic rings. The Morgan fingerprint density at radius 3 is 2.26 bits per heavy atom. The average molecular weight is 889 g/mol. The predicted molar refractivity (Wildman–Crippen MR) is 281 cm³/mol. The van der Waals surface area contributed by atoms with Crippen LogP contribution < -0.4 is 10.2 Å². The number of hydrogen-bond donors (Lipinski definition) is 1. The van der Waals surface area contributed by atoms with E-state index in [1.807, 2.05) is 0 Å². The summed E-state index contributed by atoms with van der Waals surface area (Å²) in [5.74, 6) is 0.639. The molecule has 0 saturated heterocycles. The van der Waals surface area contributed by atoms with Crippen molar-refractivity contribution in [2.45, 2.75) is 119 Å². The van der Waals surface area contributed by atoms with Gasteiger partial charge in [-0.05, 0) is 141 Å². The number of nitrogens with two attached hydrogens (primary N) is 1. The first-order valence-corrected chi connectivity index (χ1v) is 26.2. The fourth-order valence-corrected chi connectivity index (χ4v) is 15.1. The molecule has 6 atom stereocenters.